The maximum Gasteiger partial charge on any atom is 0.220 e. The van der Waals surface area contributed by atoms with Crippen molar-refractivity contribution in [1.29, 1.82) is 0 Å². The number of halogens is 2. The summed E-state index contributed by atoms with van der Waals surface area (Å²) >= 11 is 0. The Labute approximate surface area is 187 Å². The van der Waals surface area contributed by atoms with E-state index in [0.29, 0.717) is 42.0 Å². The molecule has 0 aromatic heterocycles. The molecule has 0 radical (unpaired) electrons. The van der Waals surface area contributed by atoms with E-state index in [-0.39, 0.29) is 24.8 Å². The number of carbonyl (C=O) groups is 1. The largest absolute Gasteiger partial charge is 0.353 e. The molecule has 4 aliphatic heterocycles. The molecule has 1 aromatic rings. The summed E-state index contributed by atoms with van der Waals surface area (Å²) in [5.74, 6) is 0.904. The van der Waals surface area contributed by atoms with Crippen molar-refractivity contribution in [1.82, 2.24) is 15.5 Å². The molecule has 162 valence electrons. The van der Waals surface area contributed by atoms with Crippen LogP contribution in [0.25, 0.3) is 0 Å². The van der Waals surface area contributed by atoms with Crippen molar-refractivity contribution in [3.63, 3.8) is 0 Å². The van der Waals surface area contributed by atoms with E-state index in [9.17, 15) is 4.79 Å². The molecule has 4 atom stereocenters. The zero-order valence-electron chi connectivity index (χ0n) is 17.1. The zero-order chi connectivity index (χ0) is 18.2. The standard InChI is InChI=1S/C23H33N3O.2ClH/c27-23(12-17-10-18-6-7-19(11-17)24-18)25-20-13-21-8-9-22(14-20)26(21)15-16-4-2-1-3-5-16;;/h1-5,17-22,24H,6-15H2,(H,25,27);2*1H. The third-order valence-electron chi connectivity index (χ3n) is 7.50. The quantitative estimate of drug-likeness (QED) is 0.726. The first-order chi connectivity index (χ1) is 13.2. The van der Waals surface area contributed by atoms with Crippen LogP contribution < -0.4 is 10.6 Å². The van der Waals surface area contributed by atoms with E-state index >= 15 is 0 Å². The van der Waals surface area contributed by atoms with Gasteiger partial charge in [-0.05, 0) is 62.8 Å². The number of hydrogen-bond donors (Lipinski definition) is 2. The van der Waals surface area contributed by atoms with E-state index < -0.39 is 0 Å². The van der Waals surface area contributed by atoms with Gasteiger partial charge in [0.15, 0.2) is 0 Å². The number of rotatable bonds is 5. The summed E-state index contributed by atoms with van der Waals surface area (Å²) in [4.78, 5) is 15.4. The molecule has 4 saturated heterocycles. The molecule has 4 fully saturated rings. The zero-order valence-corrected chi connectivity index (χ0v) is 18.7. The predicted molar refractivity (Wildman–Crippen MR) is 122 cm³/mol. The number of hydrogen-bond acceptors (Lipinski definition) is 3. The fourth-order valence-corrected chi connectivity index (χ4v) is 6.33. The predicted octanol–water partition coefficient (Wildman–Crippen LogP) is 4.06. The molecule has 5 rings (SSSR count). The number of carbonyl (C=O) groups excluding carboxylic acids is 1. The molecule has 29 heavy (non-hydrogen) atoms. The van der Waals surface area contributed by atoms with Crippen molar-refractivity contribution in [3.05, 3.63) is 35.9 Å². The molecular formula is C23H35Cl2N3O. The van der Waals surface area contributed by atoms with E-state index in [0.717, 1.165) is 25.8 Å². The summed E-state index contributed by atoms with van der Waals surface area (Å²) in [6, 6.07) is 13.9. The van der Waals surface area contributed by atoms with Crippen LogP contribution in [0.5, 0.6) is 0 Å². The first-order valence-electron chi connectivity index (χ1n) is 11.1. The van der Waals surface area contributed by atoms with Crippen LogP contribution in [0.15, 0.2) is 30.3 Å². The maximum atomic E-state index is 12.7. The van der Waals surface area contributed by atoms with Crippen LogP contribution in [0.1, 0.15) is 63.4 Å². The van der Waals surface area contributed by atoms with E-state index in [4.69, 9.17) is 0 Å². The lowest BCUT2D eigenvalue weighted by Gasteiger charge is -2.39. The van der Waals surface area contributed by atoms with Gasteiger partial charge in [-0.1, -0.05) is 30.3 Å². The highest BCUT2D eigenvalue weighted by Crippen LogP contribution is 2.37. The SMILES string of the molecule is Cl.Cl.O=C(CC1CC2CCC(C1)N2)NC1CC2CCC(C1)N2Cc1ccccc1. The molecule has 0 aliphatic carbocycles. The highest BCUT2D eigenvalue weighted by atomic mass is 35.5. The van der Waals surface area contributed by atoms with Crippen LogP contribution in [-0.2, 0) is 11.3 Å². The summed E-state index contributed by atoms with van der Waals surface area (Å²) in [5.41, 5.74) is 1.41. The Hall–Kier alpha value is -0.810. The van der Waals surface area contributed by atoms with Gasteiger partial charge in [0.1, 0.15) is 0 Å². The molecule has 4 unspecified atom stereocenters. The maximum absolute atomic E-state index is 12.7. The Morgan fingerprint density at radius 1 is 0.931 bits per heavy atom. The molecule has 4 bridgehead atoms. The highest BCUT2D eigenvalue weighted by molar-refractivity contribution is 5.85. The third-order valence-corrected chi connectivity index (χ3v) is 7.50. The number of nitrogens with one attached hydrogen (secondary N) is 2. The fourth-order valence-electron chi connectivity index (χ4n) is 6.33. The first kappa shape index (κ1) is 22.9. The van der Waals surface area contributed by atoms with Gasteiger partial charge in [-0.2, -0.15) is 0 Å². The molecule has 2 N–H and O–H groups in total. The van der Waals surface area contributed by atoms with Crippen LogP contribution in [-0.4, -0.2) is 41.0 Å². The number of fused-ring (bicyclic) bond motifs is 4. The summed E-state index contributed by atoms with van der Waals surface area (Å²) in [7, 11) is 0. The van der Waals surface area contributed by atoms with Crippen LogP contribution >= 0.6 is 24.8 Å². The van der Waals surface area contributed by atoms with Gasteiger partial charge >= 0.3 is 0 Å². The van der Waals surface area contributed by atoms with Gasteiger partial charge in [0.25, 0.3) is 0 Å². The van der Waals surface area contributed by atoms with Crippen molar-refractivity contribution in [2.45, 2.75) is 94.5 Å². The molecule has 4 heterocycles. The monoisotopic (exact) mass is 439 g/mol. The van der Waals surface area contributed by atoms with Gasteiger partial charge in [-0.15, -0.1) is 24.8 Å². The van der Waals surface area contributed by atoms with Gasteiger partial charge < -0.3 is 10.6 Å². The van der Waals surface area contributed by atoms with Gasteiger partial charge in [0.05, 0.1) is 0 Å². The van der Waals surface area contributed by atoms with Crippen molar-refractivity contribution in [2.75, 3.05) is 0 Å². The van der Waals surface area contributed by atoms with Gasteiger partial charge in [0.2, 0.25) is 5.91 Å². The Morgan fingerprint density at radius 3 is 2.17 bits per heavy atom. The van der Waals surface area contributed by atoms with Gasteiger partial charge in [0, 0.05) is 43.2 Å². The average molecular weight is 440 g/mol. The topological polar surface area (TPSA) is 44.4 Å². The van der Waals surface area contributed by atoms with Crippen molar-refractivity contribution >= 4 is 30.7 Å². The van der Waals surface area contributed by atoms with E-state index in [1.807, 2.05) is 0 Å². The first-order valence-corrected chi connectivity index (χ1v) is 11.1. The molecule has 4 aliphatic rings. The van der Waals surface area contributed by atoms with Crippen molar-refractivity contribution in [2.24, 2.45) is 5.92 Å². The van der Waals surface area contributed by atoms with Crippen LogP contribution in [0.4, 0.5) is 0 Å². The van der Waals surface area contributed by atoms with Gasteiger partial charge in [-0.25, -0.2) is 0 Å². The fraction of sp³-hybridized carbons (Fsp3) is 0.696. The minimum absolute atomic E-state index is 0. The lowest BCUT2D eigenvalue weighted by Crippen LogP contribution is -2.50. The summed E-state index contributed by atoms with van der Waals surface area (Å²) in [6.07, 6.45) is 10.6. The molecule has 0 saturated carbocycles. The van der Waals surface area contributed by atoms with Crippen molar-refractivity contribution in [3.8, 4) is 0 Å². The second-order valence-electron chi connectivity index (χ2n) is 9.46. The normalized spacial score (nSPS) is 35.4. The van der Waals surface area contributed by atoms with Crippen LogP contribution in [0, 0.1) is 5.92 Å². The van der Waals surface area contributed by atoms with E-state index in [2.05, 4.69) is 45.9 Å². The Morgan fingerprint density at radius 2 is 1.55 bits per heavy atom. The van der Waals surface area contributed by atoms with Gasteiger partial charge in [-0.3, -0.25) is 9.69 Å². The van der Waals surface area contributed by atoms with E-state index in [1.165, 1.54) is 44.1 Å². The molecule has 6 heteroatoms. The lowest BCUT2D eigenvalue weighted by molar-refractivity contribution is -0.123. The van der Waals surface area contributed by atoms with Crippen LogP contribution in [0.2, 0.25) is 0 Å². The molecular weight excluding hydrogens is 405 g/mol. The lowest BCUT2D eigenvalue weighted by atomic mass is 9.89. The second kappa shape index (κ2) is 10.00. The Bertz CT molecular complexity index is 647. The molecule has 1 amide bonds. The smallest absolute Gasteiger partial charge is 0.220 e. The summed E-state index contributed by atoms with van der Waals surface area (Å²) in [6.45, 7) is 1.06. The second-order valence-corrected chi connectivity index (χ2v) is 9.46. The summed E-state index contributed by atoms with van der Waals surface area (Å²) < 4.78 is 0. The minimum Gasteiger partial charge on any atom is -0.353 e. The molecule has 1 aromatic carbocycles. The number of nitrogens with zero attached hydrogens (tertiary/aromatic N) is 1. The average Bonchev–Trinajstić information content (AvgIpc) is 3.10. The van der Waals surface area contributed by atoms with Crippen molar-refractivity contribution < 1.29 is 4.79 Å². The minimum atomic E-state index is 0. The molecule has 0 spiro atoms. The van der Waals surface area contributed by atoms with Crippen LogP contribution in [0.3, 0.4) is 0 Å². The third kappa shape index (κ3) is 5.28. The van der Waals surface area contributed by atoms with E-state index in [1.54, 1.807) is 0 Å². The Kier molecular flexibility index (Phi) is 7.88. The highest BCUT2D eigenvalue weighted by Gasteiger charge is 2.41. The molecule has 4 nitrogen and oxygen atoms in total. The number of benzene rings is 1. The Balaban J connectivity index is 0.00000120. The number of piperidine rings is 2. The summed E-state index contributed by atoms with van der Waals surface area (Å²) in [5, 5.41) is 7.10. The number of amides is 1.